The van der Waals surface area contributed by atoms with Crippen LogP contribution in [0.4, 0.5) is 13.2 Å². The summed E-state index contributed by atoms with van der Waals surface area (Å²) in [5.41, 5.74) is -0.524. The summed E-state index contributed by atoms with van der Waals surface area (Å²) < 4.78 is 43.2. The van der Waals surface area contributed by atoms with Gasteiger partial charge in [0.2, 0.25) is 11.7 Å². The summed E-state index contributed by atoms with van der Waals surface area (Å²) in [5, 5.41) is 12.5. The van der Waals surface area contributed by atoms with Gasteiger partial charge in [0.1, 0.15) is 0 Å². The van der Waals surface area contributed by atoms with Gasteiger partial charge < -0.3 is 4.52 Å². The molecule has 0 amide bonds. The molecule has 0 fully saturated rings. The molecule has 8 heteroatoms. The van der Waals surface area contributed by atoms with Crippen LogP contribution in [0.3, 0.4) is 0 Å². The van der Waals surface area contributed by atoms with Gasteiger partial charge in [-0.15, -0.1) is 0 Å². The maximum absolute atomic E-state index is 12.7. The number of benzene rings is 1. The molecule has 0 radical (unpaired) electrons. The van der Waals surface area contributed by atoms with Gasteiger partial charge in [-0.3, -0.25) is 4.90 Å². The van der Waals surface area contributed by atoms with Crippen LogP contribution in [-0.4, -0.2) is 28.6 Å². The average Bonchev–Trinajstić information content (AvgIpc) is 2.94. The maximum atomic E-state index is 12.7. The van der Waals surface area contributed by atoms with Crippen molar-refractivity contribution < 1.29 is 17.7 Å². The van der Waals surface area contributed by atoms with Gasteiger partial charge in [-0.2, -0.15) is 23.4 Å². The average molecular weight is 324 g/mol. The normalized spacial score (nSPS) is 13.1. The Morgan fingerprint density at radius 3 is 2.78 bits per heavy atom. The first-order valence-corrected chi connectivity index (χ1v) is 6.88. The van der Waals surface area contributed by atoms with Crippen molar-refractivity contribution in [3.05, 3.63) is 35.7 Å². The topological polar surface area (TPSA) is 66.0 Å². The molecule has 0 aliphatic carbocycles. The molecule has 2 aromatic rings. The Labute approximate surface area is 131 Å². The fraction of sp³-hybridized carbons (Fsp3) is 0.400. The Morgan fingerprint density at radius 1 is 1.39 bits per heavy atom. The molecule has 0 bridgehead atoms. The number of rotatable bonds is 5. The second-order valence-electron chi connectivity index (χ2n) is 5.32. The number of hydrogen-bond donors (Lipinski definition) is 0. The number of aromatic nitrogens is 2. The van der Waals surface area contributed by atoms with E-state index in [2.05, 4.69) is 16.2 Å². The summed E-state index contributed by atoms with van der Waals surface area (Å²) in [5.74, 6) is 0.240. The van der Waals surface area contributed by atoms with Crippen molar-refractivity contribution in [2.24, 2.45) is 5.92 Å². The molecule has 0 aliphatic heterocycles. The lowest BCUT2D eigenvalue weighted by Crippen LogP contribution is -2.23. The third kappa shape index (κ3) is 4.53. The molecule has 1 aromatic heterocycles. The van der Waals surface area contributed by atoms with Gasteiger partial charge in [-0.25, -0.2) is 0 Å². The van der Waals surface area contributed by atoms with Gasteiger partial charge in [-0.1, -0.05) is 17.3 Å². The number of alkyl halides is 3. The molecule has 0 spiro atoms. The van der Waals surface area contributed by atoms with Crippen LogP contribution in [0.25, 0.3) is 11.4 Å². The van der Waals surface area contributed by atoms with Crippen LogP contribution in [0.2, 0.25) is 0 Å². The molecule has 1 atom stereocenters. The molecule has 2 rings (SSSR count). The van der Waals surface area contributed by atoms with E-state index >= 15 is 0 Å². The number of nitrogens with zero attached hydrogens (tertiary/aromatic N) is 4. The van der Waals surface area contributed by atoms with Gasteiger partial charge in [0.25, 0.3) is 0 Å². The summed E-state index contributed by atoms with van der Waals surface area (Å²) in [7, 11) is 1.79. The second-order valence-corrected chi connectivity index (χ2v) is 5.32. The standard InChI is InChI=1S/C15H15F3N4O/c1-10(7-19)8-22(2)9-13-20-14(21-23-13)11-4-3-5-12(6-11)15(16,17)18/h3-6,10H,8-9H2,1-2H3. The zero-order chi connectivity index (χ0) is 17.0. The van der Waals surface area contributed by atoms with Crippen LogP contribution in [0, 0.1) is 17.2 Å². The highest BCUT2D eigenvalue weighted by atomic mass is 19.4. The quantitative estimate of drug-likeness (QED) is 0.844. The van der Waals surface area contributed by atoms with Gasteiger partial charge in [0.15, 0.2) is 0 Å². The van der Waals surface area contributed by atoms with E-state index in [1.165, 1.54) is 12.1 Å². The van der Waals surface area contributed by atoms with E-state index in [9.17, 15) is 13.2 Å². The first-order valence-electron chi connectivity index (χ1n) is 6.88. The molecule has 23 heavy (non-hydrogen) atoms. The van der Waals surface area contributed by atoms with E-state index in [1.54, 1.807) is 14.0 Å². The summed E-state index contributed by atoms with van der Waals surface area (Å²) in [4.78, 5) is 5.94. The predicted octanol–water partition coefficient (Wildman–Crippen LogP) is 3.35. The van der Waals surface area contributed by atoms with Crippen molar-refractivity contribution >= 4 is 0 Å². The minimum Gasteiger partial charge on any atom is -0.338 e. The fourth-order valence-electron chi connectivity index (χ4n) is 2.07. The lowest BCUT2D eigenvalue weighted by atomic mass is 10.1. The van der Waals surface area contributed by atoms with Crippen molar-refractivity contribution in [3.8, 4) is 17.5 Å². The molecule has 0 saturated carbocycles. The molecular formula is C15H15F3N4O. The van der Waals surface area contributed by atoms with Crippen LogP contribution in [0.15, 0.2) is 28.8 Å². The Bertz CT molecular complexity index is 705. The zero-order valence-electron chi connectivity index (χ0n) is 12.6. The van der Waals surface area contributed by atoms with Crippen LogP contribution >= 0.6 is 0 Å². The van der Waals surface area contributed by atoms with Crippen molar-refractivity contribution in [2.45, 2.75) is 19.6 Å². The highest BCUT2D eigenvalue weighted by Gasteiger charge is 2.30. The van der Waals surface area contributed by atoms with E-state index in [0.717, 1.165) is 12.1 Å². The predicted molar refractivity (Wildman–Crippen MR) is 75.8 cm³/mol. The molecule has 0 aliphatic rings. The third-order valence-corrected chi connectivity index (χ3v) is 3.13. The highest BCUT2D eigenvalue weighted by molar-refractivity contribution is 5.55. The molecule has 1 heterocycles. The van der Waals surface area contributed by atoms with Gasteiger partial charge in [0, 0.05) is 12.1 Å². The first kappa shape index (κ1) is 17.0. The van der Waals surface area contributed by atoms with E-state index in [1.807, 2.05) is 4.90 Å². The SMILES string of the molecule is CC(C#N)CN(C)Cc1nc(-c2cccc(C(F)(F)F)c2)no1. The van der Waals surface area contributed by atoms with E-state index in [-0.39, 0.29) is 23.2 Å². The Kier molecular flexibility index (Phi) is 5.01. The third-order valence-electron chi connectivity index (χ3n) is 3.13. The molecule has 0 N–H and O–H groups in total. The monoisotopic (exact) mass is 324 g/mol. The zero-order valence-corrected chi connectivity index (χ0v) is 12.6. The molecule has 5 nitrogen and oxygen atoms in total. The maximum Gasteiger partial charge on any atom is 0.416 e. The second kappa shape index (κ2) is 6.79. The van der Waals surface area contributed by atoms with E-state index in [0.29, 0.717) is 13.1 Å². The van der Waals surface area contributed by atoms with Crippen LogP contribution < -0.4 is 0 Å². The number of halogens is 3. The van der Waals surface area contributed by atoms with Crippen LogP contribution in [0.1, 0.15) is 18.4 Å². The largest absolute Gasteiger partial charge is 0.416 e. The number of nitriles is 1. The van der Waals surface area contributed by atoms with Crippen molar-refractivity contribution in [3.63, 3.8) is 0 Å². The minimum absolute atomic E-state index is 0.104. The van der Waals surface area contributed by atoms with Crippen LogP contribution in [0.5, 0.6) is 0 Å². The fourth-order valence-corrected chi connectivity index (χ4v) is 2.07. The lowest BCUT2D eigenvalue weighted by Gasteiger charge is -2.14. The van der Waals surface area contributed by atoms with Crippen molar-refractivity contribution in [2.75, 3.05) is 13.6 Å². The molecule has 122 valence electrons. The number of hydrogen-bond acceptors (Lipinski definition) is 5. The summed E-state index contributed by atoms with van der Waals surface area (Å²) in [6.07, 6.45) is -4.42. The Balaban J connectivity index is 2.12. The molecule has 1 aromatic carbocycles. The van der Waals surface area contributed by atoms with Crippen molar-refractivity contribution in [1.82, 2.24) is 15.0 Å². The molecule has 0 saturated heterocycles. The smallest absolute Gasteiger partial charge is 0.338 e. The van der Waals surface area contributed by atoms with E-state index in [4.69, 9.17) is 9.78 Å². The van der Waals surface area contributed by atoms with E-state index < -0.39 is 11.7 Å². The Hall–Kier alpha value is -2.40. The van der Waals surface area contributed by atoms with Crippen LogP contribution in [-0.2, 0) is 12.7 Å². The molecular weight excluding hydrogens is 309 g/mol. The van der Waals surface area contributed by atoms with Crippen molar-refractivity contribution in [1.29, 1.82) is 5.26 Å². The van der Waals surface area contributed by atoms with Gasteiger partial charge in [-0.05, 0) is 26.1 Å². The summed E-state index contributed by atoms with van der Waals surface area (Å²) >= 11 is 0. The summed E-state index contributed by atoms with van der Waals surface area (Å²) in [6.45, 7) is 2.63. The Morgan fingerprint density at radius 2 is 2.13 bits per heavy atom. The molecule has 1 unspecified atom stereocenters. The summed E-state index contributed by atoms with van der Waals surface area (Å²) in [6, 6.07) is 6.88. The first-order chi connectivity index (χ1) is 10.8. The van der Waals surface area contributed by atoms with Gasteiger partial charge >= 0.3 is 6.18 Å². The van der Waals surface area contributed by atoms with Gasteiger partial charge in [0.05, 0.1) is 24.1 Å². The lowest BCUT2D eigenvalue weighted by molar-refractivity contribution is -0.137. The minimum atomic E-state index is -4.42. The highest BCUT2D eigenvalue weighted by Crippen LogP contribution is 2.31.